The van der Waals surface area contributed by atoms with Gasteiger partial charge in [-0.25, -0.2) is 4.39 Å². The first-order valence-electron chi connectivity index (χ1n) is 6.27. The summed E-state index contributed by atoms with van der Waals surface area (Å²) in [7, 11) is 0. The van der Waals surface area contributed by atoms with Gasteiger partial charge < -0.3 is 5.32 Å². The van der Waals surface area contributed by atoms with Gasteiger partial charge in [-0.2, -0.15) is 0 Å². The molecule has 0 atom stereocenters. The molecule has 1 nitrogen and oxygen atoms in total. The zero-order chi connectivity index (χ0) is 13.8. The molecular formula is C16H17BrFN. The molecule has 0 heterocycles. The number of rotatable bonds is 4. The molecule has 0 radical (unpaired) electrons. The van der Waals surface area contributed by atoms with E-state index in [0.29, 0.717) is 6.54 Å². The van der Waals surface area contributed by atoms with Gasteiger partial charge in [0.25, 0.3) is 0 Å². The van der Waals surface area contributed by atoms with E-state index in [2.05, 4.69) is 53.3 Å². The monoisotopic (exact) mass is 321 g/mol. The molecule has 19 heavy (non-hydrogen) atoms. The Morgan fingerprint density at radius 1 is 1.00 bits per heavy atom. The summed E-state index contributed by atoms with van der Waals surface area (Å²) >= 11 is 3.43. The highest BCUT2D eigenvalue weighted by Gasteiger charge is 2.02. The molecule has 0 unspecified atom stereocenters. The summed E-state index contributed by atoms with van der Waals surface area (Å²) in [6.45, 7) is 5.65. The van der Waals surface area contributed by atoms with Crippen molar-refractivity contribution in [2.75, 3.05) is 0 Å². The molecule has 0 aliphatic carbocycles. The van der Waals surface area contributed by atoms with E-state index in [9.17, 15) is 4.39 Å². The van der Waals surface area contributed by atoms with Crippen molar-refractivity contribution in [3.05, 3.63) is 68.9 Å². The average molecular weight is 322 g/mol. The highest BCUT2D eigenvalue weighted by atomic mass is 79.9. The molecule has 0 spiro atoms. The van der Waals surface area contributed by atoms with Crippen LogP contribution in [0.15, 0.2) is 40.9 Å². The van der Waals surface area contributed by atoms with E-state index in [1.807, 2.05) is 0 Å². The smallest absolute Gasteiger partial charge is 0.123 e. The SMILES string of the molecule is Cc1ccc(CNCc2cc(F)ccc2Br)cc1C. The van der Waals surface area contributed by atoms with Crippen LogP contribution in [0.1, 0.15) is 22.3 Å². The normalized spacial score (nSPS) is 10.7. The maximum atomic E-state index is 13.1. The number of hydrogen-bond donors (Lipinski definition) is 1. The van der Waals surface area contributed by atoms with Crippen LogP contribution in [0.25, 0.3) is 0 Å². The van der Waals surface area contributed by atoms with Gasteiger partial charge in [-0.1, -0.05) is 34.1 Å². The van der Waals surface area contributed by atoms with Gasteiger partial charge in [0.05, 0.1) is 0 Å². The summed E-state index contributed by atoms with van der Waals surface area (Å²) in [6.07, 6.45) is 0. The van der Waals surface area contributed by atoms with Crippen molar-refractivity contribution < 1.29 is 4.39 Å². The van der Waals surface area contributed by atoms with Crippen LogP contribution in [0.4, 0.5) is 4.39 Å². The van der Waals surface area contributed by atoms with E-state index in [1.165, 1.54) is 22.8 Å². The summed E-state index contributed by atoms with van der Waals surface area (Å²) in [5, 5.41) is 3.34. The van der Waals surface area contributed by atoms with Crippen molar-refractivity contribution >= 4 is 15.9 Å². The number of halogens is 2. The van der Waals surface area contributed by atoms with Gasteiger partial charge in [-0.15, -0.1) is 0 Å². The second-order valence-corrected chi connectivity index (χ2v) is 5.61. The van der Waals surface area contributed by atoms with Gasteiger partial charge in [0.2, 0.25) is 0 Å². The first-order valence-corrected chi connectivity index (χ1v) is 7.06. The molecule has 1 N–H and O–H groups in total. The summed E-state index contributed by atoms with van der Waals surface area (Å²) in [4.78, 5) is 0. The second kappa shape index (κ2) is 6.31. The van der Waals surface area contributed by atoms with Crippen LogP contribution in [0.3, 0.4) is 0 Å². The van der Waals surface area contributed by atoms with Crippen LogP contribution < -0.4 is 5.32 Å². The maximum absolute atomic E-state index is 13.1. The molecule has 2 aromatic carbocycles. The van der Waals surface area contributed by atoms with Crippen molar-refractivity contribution in [2.45, 2.75) is 26.9 Å². The predicted octanol–water partition coefficient (Wildman–Crippen LogP) is 4.49. The zero-order valence-corrected chi connectivity index (χ0v) is 12.7. The molecule has 2 rings (SSSR count). The third-order valence-electron chi connectivity index (χ3n) is 3.22. The lowest BCUT2D eigenvalue weighted by Gasteiger charge is -2.09. The third-order valence-corrected chi connectivity index (χ3v) is 4.00. The number of benzene rings is 2. The number of aryl methyl sites for hydroxylation is 2. The van der Waals surface area contributed by atoms with Crippen LogP contribution in [0.5, 0.6) is 0 Å². The molecule has 0 bridgehead atoms. The predicted molar refractivity (Wildman–Crippen MR) is 80.6 cm³/mol. The zero-order valence-electron chi connectivity index (χ0n) is 11.1. The molecule has 3 heteroatoms. The van der Waals surface area contributed by atoms with E-state index in [1.54, 1.807) is 12.1 Å². The lowest BCUT2D eigenvalue weighted by atomic mass is 10.1. The lowest BCUT2D eigenvalue weighted by molar-refractivity contribution is 0.619. The molecule has 2 aromatic rings. The Morgan fingerprint density at radius 2 is 1.79 bits per heavy atom. The van der Waals surface area contributed by atoms with E-state index in [0.717, 1.165) is 16.6 Å². The Bertz CT molecular complexity index is 581. The minimum atomic E-state index is -0.203. The minimum absolute atomic E-state index is 0.203. The quantitative estimate of drug-likeness (QED) is 0.874. The number of hydrogen-bond acceptors (Lipinski definition) is 1. The molecule has 0 aliphatic rings. The van der Waals surface area contributed by atoms with E-state index in [-0.39, 0.29) is 5.82 Å². The van der Waals surface area contributed by atoms with E-state index < -0.39 is 0 Å². The first kappa shape index (κ1) is 14.2. The number of nitrogens with one attached hydrogen (secondary N) is 1. The fourth-order valence-corrected chi connectivity index (χ4v) is 2.32. The van der Waals surface area contributed by atoms with Gasteiger partial charge >= 0.3 is 0 Å². The highest BCUT2D eigenvalue weighted by Crippen LogP contribution is 2.18. The second-order valence-electron chi connectivity index (χ2n) is 4.76. The summed E-state index contributed by atoms with van der Waals surface area (Å²) < 4.78 is 14.1. The molecule has 0 amide bonds. The van der Waals surface area contributed by atoms with E-state index >= 15 is 0 Å². The maximum Gasteiger partial charge on any atom is 0.123 e. The highest BCUT2D eigenvalue weighted by molar-refractivity contribution is 9.10. The van der Waals surface area contributed by atoms with Crippen molar-refractivity contribution in [1.82, 2.24) is 5.32 Å². The van der Waals surface area contributed by atoms with Gasteiger partial charge in [-0.05, 0) is 54.3 Å². The van der Waals surface area contributed by atoms with Crippen molar-refractivity contribution in [1.29, 1.82) is 0 Å². The fraction of sp³-hybridized carbons (Fsp3) is 0.250. The van der Waals surface area contributed by atoms with Gasteiger partial charge in [0, 0.05) is 17.6 Å². The van der Waals surface area contributed by atoms with Crippen LogP contribution >= 0.6 is 15.9 Å². The standard InChI is InChI=1S/C16H17BrFN/c1-11-3-4-13(7-12(11)2)9-19-10-14-8-15(18)5-6-16(14)17/h3-8,19H,9-10H2,1-2H3. The summed E-state index contributed by atoms with van der Waals surface area (Å²) in [6, 6.07) is 11.2. The molecule has 0 saturated heterocycles. The van der Waals surface area contributed by atoms with Gasteiger partial charge in [-0.3, -0.25) is 0 Å². The molecule has 0 saturated carbocycles. The average Bonchev–Trinajstić information content (AvgIpc) is 2.38. The summed E-state index contributed by atoms with van der Waals surface area (Å²) in [5.41, 5.74) is 4.78. The Labute approximate surface area is 122 Å². The Kier molecular flexibility index (Phi) is 4.72. The molecule has 0 aliphatic heterocycles. The van der Waals surface area contributed by atoms with Crippen molar-refractivity contribution in [3.63, 3.8) is 0 Å². The van der Waals surface area contributed by atoms with Gasteiger partial charge in [0.1, 0.15) is 5.82 Å². The van der Waals surface area contributed by atoms with Crippen LogP contribution in [-0.2, 0) is 13.1 Å². The van der Waals surface area contributed by atoms with Gasteiger partial charge in [0.15, 0.2) is 0 Å². The summed E-state index contributed by atoms with van der Waals surface area (Å²) in [5.74, 6) is -0.203. The van der Waals surface area contributed by atoms with Crippen molar-refractivity contribution in [2.24, 2.45) is 0 Å². The Balaban J connectivity index is 1.96. The van der Waals surface area contributed by atoms with Crippen LogP contribution in [0, 0.1) is 19.7 Å². The third kappa shape index (κ3) is 3.88. The van der Waals surface area contributed by atoms with Crippen LogP contribution in [0.2, 0.25) is 0 Å². The Hall–Kier alpha value is -1.19. The molecule has 0 fully saturated rings. The molecule has 100 valence electrons. The molecule has 0 aromatic heterocycles. The first-order chi connectivity index (χ1) is 9.06. The fourth-order valence-electron chi connectivity index (χ4n) is 1.93. The Morgan fingerprint density at radius 3 is 2.53 bits per heavy atom. The minimum Gasteiger partial charge on any atom is -0.309 e. The van der Waals surface area contributed by atoms with Crippen LogP contribution in [-0.4, -0.2) is 0 Å². The lowest BCUT2D eigenvalue weighted by Crippen LogP contribution is -2.13. The topological polar surface area (TPSA) is 12.0 Å². The van der Waals surface area contributed by atoms with Crippen molar-refractivity contribution in [3.8, 4) is 0 Å². The van der Waals surface area contributed by atoms with E-state index in [4.69, 9.17) is 0 Å². The largest absolute Gasteiger partial charge is 0.309 e. The molecular weight excluding hydrogens is 305 g/mol.